The fraction of sp³-hybridized carbons (Fsp3) is 0.240. The van der Waals surface area contributed by atoms with Crippen molar-refractivity contribution in [3.05, 3.63) is 71.8 Å². The van der Waals surface area contributed by atoms with Crippen LogP contribution in [0.5, 0.6) is 17.2 Å². The first-order valence-electron chi connectivity index (χ1n) is 10.6. The monoisotopic (exact) mass is 475 g/mol. The molecule has 5 rings (SSSR count). The van der Waals surface area contributed by atoms with Gasteiger partial charge in [0.2, 0.25) is 12.7 Å². The third kappa shape index (κ3) is 4.14. The molecule has 2 N–H and O–H groups in total. The molecule has 0 aromatic heterocycles. The predicted molar refractivity (Wildman–Crippen MR) is 121 cm³/mol. The predicted octanol–water partition coefficient (Wildman–Crippen LogP) is 5.64. The van der Waals surface area contributed by atoms with Crippen molar-refractivity contribution in [2.45, 2.75) is 31.2 Å². The minimum atomic E-state index is -4.90. The van der Waals surface area contributed by atoms with Crippen LogP contribution in [0.3, 0.4) is 0 Å². The van der Waals surface area contributed by atoms with Crippen molar-refractivity contribution in [1.29, 1.82) is 0 Å². The van der Waals surface area contributed by atoms with Crippen molar-refractivity contribution in [3.8, 4) is 28.4 Å². The number of hydrogen-bond donors (Lipinski definition) is 2. The molecule has 180 valence electrons. The zero-order valence-corrected chi connectivity index (χ0v) is 17.8. The Hall–Kier alpha value is -3.72. The number of aliphatic hydroxyl groups is 1. The smallest absolute Gasteiger partial charge is 0.454 e. The molecule has 0 unspecified atom stereocenters. The number of anilines is 1. The summed E-state index contributed by atoms with van der Waals surface area (Å²) in [5, 5.41) is 12.5. The molecule has 1 fully saturated rings. The van der Waals surface area contributed by atoms with Crippen LogP contribution in [0.2, 0.25) is 0 Å². The summed E-state index contributed by atoms with van der Waals surface area (Å²) in [6.07, 6.45) is -3.63. The summed E-state index contributed by atoms with van der Waals surface area (Å²) in [4.78, 5) is 13.2. The summed E-state index contributed by atoms with van der Waals surface area (Å²) in [6.45, 7) is -0.242. The van der Waals surface area contributed by atoms with E-state index in [-0.39, 0.29) is 27.7 Å². The van der Waals surface area contributed by atoms with Crippen LogP contribution in [0.1, 0.15) is 26.8 Å². The molecule has 1 aliphatic carbocycles. The third-order valence-corrected chi connectivity index (χ3v) is 6.05. The van der Waals surface area contributed by atoms with Crippen LogP contribution in [-0.4, -0.2) is 24.2 Å². The van der Waals surface area contributed by atoms with E-state index in [1.807, 2.05) is 6.07 Å². The highest BCUT2D eigenvalue weighted by molar-refractivity contribution is 6.02. The van der Waals surface area contributed by atoms with Gasteiger partial charge < -0.3 is 24.6 Å². The maximum absolute atomic E-state index is 13.2. The Kier molecular flexibility index (Phi) is 5.36. The molecule has 0 spiro atoms. The SMILES string of the molecule is O=C(Nc1ccc(OC(F)(F)F)c(-c2ccccc2CO)c1)C1(c2ccc3c(c2)OCO3)CC1.[HH].[HH]. The number of aliphatic hydroxyl groups excluding tert-OH is 1. The number of nitrogens with one attached hydrogen (secondary N) is 1. The molecule has 1 saturated carbocycles. The molecule has 1 heterocycles. The normalized spacial score (nSPS) is 15.6. The van der Waals surface area contributed by atoms with Crippen LogP contribution < -0.4 is 19.5 Å². The highest BCUT2D eigenvalue weighted by Crippen LogP contribution is 2.51. The highest BCUT2D eigenvalue weighted by Gasteiger charge is 2.51. The number of halogens is 3. The maximum atomic E-state index is 13.2. The molecule has 2 aliphatic rings. The van der Waals surface area contributed by atoms with Gasteiger partial charge in [-0.2, -0.15) is 0 Å². The lowest BCUT2D eigenvalue weighted by Crippen LogP contribution is -2.27. The van der Waals surface area contributed by atoms with E-state index in [1.165, 1.54) is 12.1 Å². The number of hydrogen-bond acceptors (Lipinski definition) is 5. The fourth-order valence-electron chi connectivity index (χ4n) is 4.17. The Bertz CT molecular complexity index is 1260. The quantitative estimate of drug-likeness (QED) is 0.483. The molecular formula is C25H24F3NO5. The molecule has 3 aromatic rings. The van der Waals surface area contributed by atoms with Crippen LogP contribution >= 0.6 is 0 Å². The topological polar surface area (TPSA) is 77.0 Å². The summed E-state index contributed by atoms with van der Waals surface area (Å²) in [5.74, 6) is 0.501. The van der Waals surface area contributed by atoms with E-state index in [4.69, 9.17) is 9.47 Å². The van der Waals surface area contributed by atoms with Gasteiger partial charge in [0.15, 0.2) is 11.5 Å². The maximum Gasteiger partial charge on any atom is 0.573 e. The number of benzene rings is 3. The van der Waals surface area contributed by atoms with Gasteiger partial charge in [0.05, 0.1) is 12.0 Å². The van der Waals surface area contributed by atoms with Crippen molar-refractivity contribution in [1.82, 2.24) is 0 Å². The van der Waals surface area contributed by atoms with E-state index in [0.717, 1.165) is 11.6 Å². The zero-order chi connectivity index (χ0) is 23.9. The van der Waals surface area contributed by atoms with Crippen molar-refractivity contribution in [2.75, 3.05) is 12.1 Å². The van der Waals surface area contributed by atoms with Gasteiger partial charge in [0, 0.05) is 14.1 Å². The molecule has 0 saturated heterocycles. The fourth-order valence-corrected chi connectivity index (χ4v) is 4.17. The number of alkyl halides is 3. The summed E-state index contributed by atoms with van der Waals surface area (Å²) in [7, 11) is 0. The number of carbonyl (C=O) groups is 1. The second kappa shape index (κ2) is 8.25. The van der Waals surface area contributed by atoms with E-state index < -0.39 is 17.5 Å². The third-order valence-electron chi connectivity index (χ3n) is 6.05. The van der Waals surface area contributed by atoms with Crippen molar-refractivity contribution >= 4 is 11.6 Å². The Labute approximate surface area is 195 Å². The van der Waals surface area contributed by atoms with E-state index in [2.05, 4.69) is 10.1 Å². The van der Waals surface area contributed by atoms with Gasteiger partial charge in [-0.25, -0.2) is 0 Å². The Balaban J connectivity index is 0.00000180. The molecule has 1 aliphatic heterocycles. The number of rotatable bonds is 6. The van der Waals surface area contributed by atoms with Gasteiger partial charge in [-0.3, -0.25) is 4.79 Å². The van der Waals surface area contributed by atoms with Crippen LogP contribution in [-0.2, 0) is 16.8 Å². The molecule has 6 nitrogen and oxygen atoms in total. The molecule has 9 heteroatoms. The molecule has 0 bridgehead atoms. The van der Waals surface area contributed by atoms with Gasteiger partial charge in [-0.15, -0.1) is 13.2 Å². The van der Waals surface area contributed by atoms with Crippen molar-refractivity contribution in [2.24, 2.45) is 0 Å². The number of amides is 1. The van der Waals surface area contributed by atoms with Gasteiger partial charge in [-0.1, -0.05) is 30.3 Å². The minimum absolute atomic E-state index is 0. The van der Waals surface area contributed by atoms with Crippen LogP contribution in [0.15, 0.2) is 60.7 Å². The van der Waals surface area contributed by atoms with E-state index in [9.17, 15) is 23.1 Å². The van der Waals surface area contributed by atoms with E-state index in [1.54, 1.807) is 36.4 Å². The molecule has 1 amide bonds. The average molecular weight is 475 g/mol. The number of fused-ring (bicyclic) bond motifs is 1. The minimum Gasteiger partial charge on any atom is -0.454 e. The first-order chi connectivity index (χ1) is 16.3. The standard InChI is InChI=1S/C25H20F3NO5.2H2/c26-25(27,28)34-20-8-6-17(12-19(20)18-4-2-1-3-15(18)13-30)29-23(31)24(9-10-24)16-5-7-21-22(11-16)33-14-32-21;;/h1-8,11-12,30H,9-10,13-14H2,(H,29,31);2*1H. The zero-order valence-electron chi connectivity index (χ0n) is 17.8. The van der Waals surface area contributed by atoms with Crippen molar-refractivity contribution in [3.63, 3.8) is 0 Å². The van der Waals surface area contributed by atoms with Gasteiger partial charge in [0.25, 0.3) is 0 Å². The Morgan fingerprint density at radius 3 is 2.53 bits per heavy atom. The lowest BCUT2D eigenvalue weighted by Gasteiger charge is -2.19. The summed E-state index contributed by atoms with van der Waals surface area (Å²) < 4.78 is 54.0. The van der Waals surface area contributed by atoms with Crippen LogP contribution in [0.25, 0.3) is 11.1 Å². The highest BCUT2D eigenvalue weighted by atomic mass is 19.4. The molecule has 34 heavy (non-hydrogen) atoms. The number of carbonyl (C=O) groups excluding carboxylic acids is 1. The molecule has 0 radical (unpaired) electrons. The van der Waals surface area contributed by atoms with Crippen LogP contribution in [0, 0.1) is 0 Å². The number of ether oxygens (including phenoxy) is 3. The Morgan fingerprint density at radius 1 is 1.03 bits per heavy atom. The molecular weight excluding hydrogens is 451 g/mol. The molecule has 0 atom stereocenters. The largest absolute Gasteiger partial charge is 0.573 e. The van der Waals surface area contributed by atoms with Gasteiger partial charge in [-0.05, 0) is 59.9 Å². The lowest BCUT2D eigenvalue weighted by atomic mass is 9.94. The van der Waals surface area contributed by atoms with E-state index >= 15 is 0 Å². The van der Waals surface area contributed by atoms with E-state index in [0.29, 0.717) is 41.2 Å². The summed E-state index contributed by atoms with van der Waals surface area (Å²) in [6, 6.07) is 15.8. The van der Waals surface area contributed by atoms with Gasteiger partial charge in [0.1, 0.15) is 5.75 Å². The van der Waals surface area contributed by atoms with Crippen LogP contribution in [0.4, 0.5) is 18.9 Å². The Morgan fingerprint density at radius 2 is 1.79 bits per heavy atom. The second-order valence-electron chi connectivity index (χ2n) is 8.18. The second-order valence-corrected chi connectivity index (χ2v) is 8.18. The average Bonchev–Trinajstić information content (AvgIpc) is 3.50. The summed E-state index contributed by atoms with van der Waals surface area (Å²) in [5.41, 5.74) is 1.26. The van der Waals surface area contributed by atoms with Gasteiger partial charge >= 0.3 is 6.36 Å². The molecule has 3 aromatic carbocycles. The summed E-state index contributed by atoms with van der Waals surface area (Å²) >= 11 is 0. The lowest BCUT2D eigenvalue weighted by molar-refractivity contribution is -0.274. The van der Waals surface area contributed by atoms with Crippen molar-refractivity contribution < 1.29 is 40.1 Å². The first kappa shape index (κ1) is 22.1. The first-order valence-corrected chi connectivity index (χ1v) is 10.6.